The number of methoxy groups -OCH3 is 1. The van der Waals surface area contributed by atoms with Crippen molar-refractivity contribution in [2.75, 3.05) is 46.8 Å². The van der Waals surface area contributed by atoms with E-state index >= 15 is 0 Å². The molecule has 154 valence electrons. The van der Waals surface area contributed by atoms with Gasteiger partial charge in [0.25, 0.3) is 0 Å². The predicted octanol–water partition coefficient (Wildman–Crippen LogP) is 2.16. The number of fused-ring (bicyclic) bond motifs is 1. The van der Waals surface area contributed by atoms with Crippen molar-refractivity contribution >= 4 is 5.91 Å². The lowest BCUT2D eigenvalue weighted by Crippen LogP contribution is -2.44. The van der Waals surface area contributed by atoms with E-state index in [0.29, 0.717) is 26.2 Å². The number of carbonyl (C=O) groups excluding carboxylic acids is 1. The van der Waals surface area contributed by atoms with Gasteiger partial charge in [-0.1, -0.05) is 18.2 Å². The molecule has 7 nitrogen and oxygen atoms in total. The Hall–Kier alpha value is -2.77. The molecule has 1 atom stereocenters. The van der Waals surface area contributed by atoms with Crippen LogP contribution in [0, 0.1) is 0 Å². The normalized spacial score (nSPS) is 17.0. The van der Waals surface area contributed by atoms with Crippen LogP contribution >= 0.6 is 0 Å². The lowest BCUT2D eigenvalue weighted by molar-refractivity contribution is -0.120. The van der Waals surface area contributed by atoms with E-state index in [1.807, 2.05) is 42.5 Å². The van der Waals surface area contributed by atoms with Crippen LogP contribution in [0.25, 0.3) is 0 Å². The molecule has 1 fully saturated rings. The molecule has 0 spiro atoms. The molecule has 0 bridgehead atoms. The number of benzene rings is 2. The van der Waals surface area contributed by atoms with Gasteiger partial charge in [-0.2, -0.15) is 0 Å². The summed E-state index contributed by atoms with van der Waals surface area (Å²) in [6.45, 7) is 3.82. The maximum atomic E-state index is 12.5. The van der Waals surface area contributed by atoms with Gasteiger partial charge in [0.15, 0.2) is 11.5 Å². The maximum Gasteiger partial charge on any atom is 0.231 e. The second-order valence-electron chi connectivity index (χ2n) is 7.11. The lowest BCUT2D eigenvalue weighted by Gasteiger charge is -2.35. The predicted molar refractivity (Wildman–Crippen MR) is 107 cm³/mol. The fourth-order valence-corrected chi connectivity index (χ4v) is 3.67. The second kappa shape index (κ2) is 9.15. The third kappa shape index (κ3) is 4.81. The van der Waals surface area contributed by atoms with Gasteiger partial charge in [0.1, 0.15) is 5.75 Å². The van der Waals surface area contributed by atoms with Crippen molar-refractivity contribution in [3.05, 3.63) is 53.6 Å². The van der Waals surface area contributed by atoms with Gasteiger partial charge in [0, 0.05) is 19.6 Å². The Kier molecular flexibility index (Phi) is 6.17. The van der Waals surface area contributed by atoms with Crippen LogP contribution < -0.4 is 19.5 Å². The summed E-state index contributed by atoms with van der Waals surface area (Å²) in [7, 11) is 1.63. The lowest BCUT2D eigenvalue weighted by atomic mass is 10.0. The zero-order valence-electron chi connectivity index (χ0n) is 16.6. The van der Waals surface area contributed by atoms with Crippen LogP contribution in [0.2, 0.25) is 0 Å². The Morgan fingerprint density at radius 1 is 1.10 bits per heavy atom. The van der Waals surface area contributed by atoms with Crippen LogP contribution in [-0.4, -0.2) is 57.6 Å². The monoisotopic (exact) mass is 398 g/mol. The van der Waals surface area contributed by atoms with Crippen LogP contribution in [-0.2, 0) is 16.0 Å². The standard InChI is InChI=1S/C22H26N2O5/c1-26-18-5-2-16(3-6-18)12-22(25)23-14-19(24-8-10-27-11-9-24)17-4-7-20-21(13-17)29-15-28-20/h2-7,13,19H,8-12,14-15H2,1H3,(H,23,25)/t19-/m0/s1. The van der Waals surface area contributed by atoms with Crippen LogP contribution in [0.1, 0.15) is 17.2 Å². The summed E-state index contributed by atoms with van der Waals surface area (Å²) in [5.41, 5.74) is 2.05. The van der Waals surface area contributed by atoms with Gasteiger partial charge in [-0.05, 0) is 35.4 Å². The fourth-order valence-electron chi connectivity index (χ4n) is 3.67. The molecule has 4 rings (SSSR count). The van der Waals surface area contributed by atoms with Crippen molar-refractivity contribution in [1.29, 1.82) is 0 Å². The number of amides is 1. The first-order chi connectivity index (χ1) is 14.2. The quantitative estimate of drug-likeness (QED) is 0.771. The van der Waals surface area contributed by atoms with Crippen molar-refractivity contribution in [2.45, 2.75) is 12.5 Å². The highest BCUT2D eigenvalue weighted by atomic mass is 16.7. The highest BCUT2D eigenvalue weighted by Crippen LogP contribution is 2.35. The molecule has 2 aromatic carbocycles. The van der Waals surface area contributed by atoms with Crippen molar-refractivity contribution in [3.8, 4) is 17.2 Å². The van der Waals surface area contributed by atoms with Crippen molar-refractivity contribution < 1.29 is 23.7 Å². The van der Waals surface area contributed by atoms with E-state index in [9.17, 15) is 4.79 Å². The number of carbonyl (C=O) groups is 1. The van der Waals surface area contributed by atoms with Gasteiger partial charge < -0.3 is 24.3 Å². The minimum atomic E-state index is -0.00540. The molecule has 0 aromatic heterocycles. The van der Waals surface area contributed by atoms with E-state index in [-0.39, 0.29) is 18.7 Å². The first-order valence-electron chi connectivity index (χ1n) is 9.84. The molecule has 0 saturated carbocycles. The van der Waals surface area contributed by atoms with Crippen molar-refractivity contribution in [2.24, 2.45) is 0 Å². The van der Waals surface area contributed by atoms with E-state index in [1.165, 1.54) is 0 Å². The molecule has 2 aromatic rings. The molecule has 1 saturated heterocycles. The molecule has 0 radical (unpaired) electrons. The molecule has 2 aliphatic rings. The van der Waals surface area contributed by atoms with Gasteiger partial charge >= 0.3 is 0 Å². The number of rotatable bonds is 7. The Morgan fingerprint density at radius 2 is 1.86 bits per heavy atom. The molecular formula is C22H26N2O5. The van der Waals surface area contributed by atoms with Crippen LogP contribution in [0.3, 0.4) is 0 Å². The third-order valence-corrected chi connectivity index (χ3v) is 5.28. The Morgan fingerprint density at radius 3 is 2.62 bits per heavy atom. The van der Waals surface area contributed by atoms with Crippen LogP contribution in [0.15, 0.2) is 42.5 Å². The minimum Gasteiger partial charge on any atom is -0.497 e. The van der Waals surface area contributed by atoms with Crippen molar-refractivity contribution in [3.63, 3.8) is 0 Å². The first kappa shape index (κ1) is 19.5. The summed E-state index contributed by atoms with van der Waals surface area (Å²) >= 11 is 0. The van der Waals surface area contributed by atoms with Gasteiger partial charge in [-0.3, -0.25) is 9.69 Å². The number of hydrogen-bond donors (Lipinski definition) is 1. The molecule has 29 heavy (non-hydrogen) atoms. The highest BCUT2D eigenvalue weighted by Gasteiger charge is 2.25. The molecule has 0 aliphatic carbocycles. The topological polar surface area (TPSA) is 69.3 Å². The van der Waals surface area contributed by atoms with E-state index in [1.54, 1.807) is 7.11 Å². The summed E-state index contributed by atoms with van der Waals surface area (Å²) in [4.78, 5) is 14.9. The summed E-state index contributed by atoms with van der Waals surface area (Å²) in [5, 5.41) is 3.10. The number of hydrogen-bond acceptors (Lipinski definition) is 6. The number of nitrogens with one attached hydrogen (secondary N) is 1. The second-order valence-corrected chi connectivity index (χ2v) is 7.11. The SMILES string of the molecule is COc1ccc(CC(=O)NC[C@@H](c2ccc3c(c2)OCO3)N2CCOCC2)cc1. The third-order valence-electron chi connectivity index (χ3n) is 5.28. The van der Waals surface area contributed by atoms with Crippen LogP contribution in [0.4, 0.5) is 0 Å². The largest absolute Gasteiger partial charge is 0.497 e. The maximum absolute atomic E-state index is 12.5. The Labute approximate surface area is 170 Å². The molecule has 2 heterocycles. The zero-order chi connectivity index (χ0) is 20.1. The average Bonchev–Trinajstić information content (AvgIpc) is 3.23. The average molecular weight is 398 g/mol. The Bertz CT molecular complexity index is 834. The minimum absolute atomic E-state index is 0.00540. The molecule has 1 amide bonds. The zero-order valence-corrected chi connectivity index (χ0v) is 16.6. The summed E-state index contributed by atoms with van der Waals surface area (Å²) < 4.78 is 21.6. The number of morpholine rings is 1. The van der Waals surface area contributed by atoms with Gasteiger partial charge in [-0.15, -0.1) is 0 Å². The van der Waals surface area contributed by atoms with Gasteiger partial charge in [0.05, 0.1) is 32.8 Å². The fraction of sp³-hybridized carbons (Fsp3) is 0.409. The molecular weight excluding hydrogens is 372 g/mol. The van der Waals surface area contributed by atoms with E-state index in [2.05, 4.69) is 10.2 Å². The molecule has 1 N–H and O–H groups in total. The van der Waals surface area contributed by atoms with E-state index < -0.39 is 0 Å². The molecule has 2 aliphatic heterocycles. The number of ether oxygens (including phenoxy) is 4. The summed E-state index contributed by atoms with van der Waals surface area (Å²) in [6.07, 6.45) is 0.334. The van der Waals surface area contributed by atoms with Crippen LogP contribution in [0.5, 0.6) is 17.2 Å². The smallest absolute Gasteiger partial charge is 0.231 e. The molecule has 7 heteroatoms. The van der Waals surface area contributed by atoms with Gasteiger partial charge in [-0.25, -0.2) is 0 Å². The Balaban J connectivity index is 1.42. The first-order valence-corrected chi connectivity index (χ1v) is 9.84. The molecule has 0 unspecified atom stereocenters. The highest BCUT2D eigenvalue weighted by molar-refractivity contribution is 5.78. The number of nitrogens with zero attached hydrogens (tertiary/aromatic N) is 1. The van der Waals surface area contributed by atoms with Gasteiger partial charge in [0.2, 0.25) is 12.7 Å². The summed E-state index contributed by atoms with van der Waals surface area (Å²) in [6, 6.07) is 13.6. The van der Waals surface area contributed by atoms with Crippen molar-refractivity contribution in [1.82, 2.24) is 10.2 Å². The van der Waals surface area contributed by atoms with E-state index in [0.717, 1.165) is 41.5 Å². The summed E-state index contributed by atoms with van der Waals surface area (Å²) in [5.74, 6) is 2.29. The van der Waals surface area contributed by atoms with E-state index in [4.69, 9.17) is 18.9 Å².